The Morgan fingerprint density at radius 2 is 1.83 bits per heavy atom. The Hall–Kier alpha value is -3.22. The molecule has 0 fully saturated rings. The molecule has 7 heteroatoms. The van der Waals surface area contributed by atoms with Gasteiger partial charge in [-0.3, -0.25) is 24.6 Å². The van der Waals surface area contributed by atoms with Gasteiger partial charge >= 0.3 is 0 Å². The van der Waals surface area contributed by atoms with E-state index in [9.17, 15) is 19.7 Å². The zero-order chi connectivity index (χ0) is 17.3. The Labute approximate surface area is 138 Å². The van der Waals surface area contributed by atoms with E-state index in [4.69, 9.17) is 0 Å². The molecule has 1 heterocycles. The number of hydrogen-bond acceptors (Lipinski definition) is 4. The molecule has 0 bridgehead atoms. The van der Waals surface area contributed by atoms with E-state index in [1.807, 2.05) is 12.1 Å². The molecule has 0 spiro atoms. The third kappa shape index (κ3) is 2.60. The number of rotatable bonds is 3. The minimum Gasteiger partial charge on any atom is -0.357 e. The Morgan fingerprint density at radius 1 is 1.17 bits per heavy atom. The molecule has 1 aliphatic rings. The van der Waals surface area contributed by atoms with Gasteiger partial charge in [-0.25, -0.2) is 0 Å². The fraction of sp³-hybridized carbons (Fsp3) is 0.176. The molecule has 2 amide bonds. The van der Waals surface area contributed by atoms with Crippen molar-refractivity contribution in [1.82, 2.24) is 5.32 Å². The summed E-state index contributed by atoms with van der Waals surface area (Å²) in [5, 5.41) is 13.3. The highest BCUT2D eigenvalue weighted by atomic mass is 16.6. The number of nitrogens with one attached hydrogen (secondary N) is 1. The molecule has 0 aliphatic carbocycles. The number of fused-ring (bicyclic) bond motifs is 1. The monoisotopic (exact) mass is 325 g/mol. The molecule has 1 aliphatic heterocycles. The fourth-order valence-corrected chi connectivity index (χ4v) is 2.88. The highest BCUT2D eigenvalue weighted by molar-refractivity contribution is 6.11. The van der Waals surface area contributed by atoms with E-state index in [0.717, 1.165) is 5.56 Å². The van der Waals surface area contributed by atoms with Crippen LogP contribution in [0.1, 0.15) is 15.9 Å². The summed E-state index contributed by atoms with van der Waals surface area (Å²) >= 11 is 0. The van der Waals surface area contributed by atoms with Crippen molar-refractivity contribution in [1.29, 1.82) is 0 Å². The van der Waals surface area contributed by atoms with Crippen molar-refractivity contribution >= 4 is 23.2 Å². The zero-order valence-electron chi connectivity index (χ0n) is 12.9. The van der Waals surface area contributed by atoms with Crippen molar-refractivity contribution in [3.05, 3.63) is 69.8 Å². The standard InChI is InChI=1S/C17H15N3O4/c1-18-16(21)15-10-12-4-2-3-5-14(12)19(15)17(22)11-6-8-13(9-7-11)20(23)24/h2-9,15H,10H2,1H3,(H,18,21). The highest BCUT2D eigenvalue weighted by Crippen LogP contribution is 2.33. The minimum absolute atomic E-state index is 0.0868. The van der Waals surface area contributed by atoms with Crippen LogP contribution in [0.3, 0.4) is 0 Å². The lowest BCUT2D eigenvalue weighted by molar-refractivity contribution is -0.384. The number of likely N-dealkylation sites (N-methyl/N-ethyl adjacent to an activating group) is 1. The Bertz CT molecular complexity index is 817. The molecule has 24 heavy (non-hydrogen) atoms. The minimum atomic E-state index is -0.630. The van der Waals surface area contributed by atoms with Crippen LogP contribution in [-0.2, 0) is 11.2 Å². The molecular formula is C17H15N3O4. The zero-order valence-corrected chi connectivity index (χ0v) is 12.9. The fourth-order valence-electron chi connectivity index (χ4n) is 2.88. The first kappa shape index (κ1) is 15.7. The molecule has 1 N–H and O–H groups in total. The van der Waals surface area contributed by atoms with Gasteiger partial charge in [-0.2, -0.15) is 0 Å². The molecule has 2 aromatic carbocycles. The van der Waals surface area contributed by atoms with E-state index in [1.165, 1.54) is 36.2 Å². The summed E-state index contributed by atoms with van der Waals surface area (Å²) in [5.74, 6) is -0.607. The van der Waals surface area contributed by atoms with Crippen LogP contribution in [0, 0.1) is 10.1 Å². The van der Waals surface area contributed by atoms with Gasteiger partial charge in [-0.1, -0.05) is 18.2 Å². The molecular weight excluding hydrogens is 310 g/mol. The van der Waals surface area contributed by atoms with Gasteiger partial charge in [0.25, 0.3) is 11.6 Å². The van der Waals surface area contributed by atoms with Crippen LogP contribution in [0.15, 0.2) is 48.5 Å². The van der Waals surface area contributed by atoms with Crippen LogP contribution in [-0.4, -0.2) is 29.8 Å². The topological polar surface area (TPSA) is 92.6 Å². The second kappa shape index (κ2) is 6.11. The number of nitro groups is 1. The van der Waals surface area contributed by atoms with Crippen molar-refractivity contribution < 1.29 is 14.5 Å². The van der Waals surface area contributed by atoms with Crippen molar-refractivity contribution in [2.45, 2.75) is 12.5 Å². The summed E-state index contributed by atoms with van der Waals surface area (Å²) in [6.45, 7) is 0. The quantitative estimate of drug-likeness (QED) is 0.689. The molecule has 122 valence electrons. The number of benzene rings is 2. The Morgan fingerprint density at radius 3 is 2.46 bits per heavy atom. The second-order valence-corrected chi connectivity index (χ2v) is 5.44. The normalized spacial score (nSPS) is 15.7. The second-order valence-electron chi connectivity index (χ2n) is 5.44. The largest absolute Gasteiger partial charge is 0.357 e. The van der Waals surface area contributed by atoms with Gasteiger partial charge in [0.1, 0.15) is 6.04 Å². The SMILES string of the molecule is CNC(=O)C1Cc2ccccc2N1C(=O)c1ccc([N+](=O)[O-])cc1. The number of para-hydroxylation sites is 1. The van der Waals surface area contributed by atoms with Crippen LogP contribution in [0.5, 0.6) is 0 Å². The summed E-state index contributed by atoms with van der Waals surface area (Å²) in [5.41, 5.74) is 1.82. The van der Waals surface area contributed by atoms with Crippen LogP contribution in [0.2, 0.25) is 0 Å². The predicted molar refractivity (Wildman–Crippen MR) is 87.9 cm³/mol. The first-order chi connectivity index (χ1) is 11.5. The van der Waals surface area contributed by atoms with E-state index >= 15 is 0 Å². The van der Waals surface area contributed by atoms with Gasteiger partial charge in [0.05, 0.1) is 4.92 Å². The molecule has 0 radical (unpaired) electrons. The molecule has 3 rings (SSSR count). The Kier molecular flexibility index (Phi) is 3.99. The molecule has 1 atom stereocenters. The summed E-state index contributed by atoms with van der Waals surface area (Å²) in [6.07, 6.45) is 0.439. The predicted octanol–water partition coefficient (Wildman–Crippen LogP) is 1.91. The van der Waals surface area contributed by atoms with Crippen molar-refractivity contribution in [3.8, 4) is 0 Å². The summed E-state index contributed by atoms with van der Waals surface area (Å²) in [6, 6.07) is 12.1. The molecule has 0 saturated heterocycles. The number of nitro benzene ring substituents is 1. The van der Waals surface area contributed by atoms with Crippen LogP contribution in [0.25, 0.3) is 0 Å². The number of hydrogen-bond donors (Lipinski definition) is 1. The third-order valence-electron chi connectivity index (χ3n) is 4.07. The molecule has 2 aromatic rings. The number of amides is 2. The first-order valence-corrected chi connectivity index (χ1v) is 7.40. The van der Waals surface area contributed by atoms with E-state index in [-0.39, 0.29) is 17.5 Å². The molecule has 7 nitrogen and oxygen atoms in total. The Balaban J connectivity index is 1.99. The van der Waals surface area contributed by atoms with Crippen LogP contribution < -0.4 is 10.2 Å². The third-order valence-corrected chi connectivity index (χ3v) is 4.07. The number of non-ortho nitro benzene ring substituents is 1. The lowest BCUT2D eigenvalue weighted by atomic mass is 10.1. The van der Waals surface area contributed by atoms with Gasteiger partial charge in [0, 0.05) is 36.9 Å². The smallest absolute Gasteiger partial charge is 0.269 e. The van der Waals surface area contributed by atoms with E-state index in [1.54, 1.807) is 12.1 Å². The number of anilines is 1. The molecule has 0 aromatic heterocycles. The van der Waals surface area contributed by atoms with Gasteiger partial charge in [0.15, 0.2) is 0 Å². The average molecular weight is 325 g/mol. The van der Waals surface area contributed by atoms with E-state index in [0.29, 0.717) is 17.7 Å². The van der Waals surface area contributed by atoms with Gasteiger partial charge in [-0.05, 0) is 23.8 Å². The lowest BCUT2D eigenvalue weighted by Crippen LogP contribution is -2.47. The maximum atomic E-state index is 12.9. The maximum absolute atomic E-state index is 12.9. The average Bonchev–Trinajstić information content (AvgIpc) is 3.00. The summed E-state index contributed by atoms with van der Waals surface area (Å²) in [4.78, 5) is 36.7. The van der Waals surface area contributed by atoms with E-state index in [2.05, 4.69) is 5.32 Å². The van der Waals surface area contributed by atoms with E-state index < -0.39 is 11.0 Å². The lowest BCUT2D eigenvalue weighted by Gasteiger charge is -2.24. The number of carbonyl (C=O) groups is 2. The number of nitrogens with zero attached hydrogens (tertiary/aromatic N) is 2. The van der Waals surface area contributed by atoms with Crippen LogP contribution in [0.4, 0.5) is 11.4 Å². The first-order valence-electron chi connectivity index (χ1n) is 7.40. The van der Waals surface area contributed by atoms with Gasteiger partial charge in [0.2, 0.25) is 5.91 Å². The number of carbonyl (C=O) groups excluding carboxylic acids is 2. The van der Waals surface area contributed by atoms with Crippen molar-refractivity contribution in [3.63, 3.8) is 0 Å². The molecule has 1 unspecified atom stereocenters. The molecule has 0 saturated carbocycles. The van der Waals surface area contributed by atoms with Crippen molar-refractivity contribution in [2.24, 2.45) is 0 Å². The summed E-state index contributed by atoms with van der Waals surface area (Å²) in [7, 11) is 1.53. The maximum Gasteiger partial charge on any atom is 0.269 e. The highest BCUT2D eigenvalue weighted by Gasteiger charge is 2.38. The van der Waals surface area contributed by atoms with Crippen LogP contribution >= 0.6 is 0 Å². The van der Waals surface area contributed by atoms with Gasteiger partial charge in [-0.15, -0.1) is 0 Å². The van der Waals surface area contributed by atoms with Crippen molar-refractivity contribution in [2.75, 3.05) is 11.9 Å². The summed E-state index contributed by atoms with van der Waals surface area (Å²) < 4.78 is 0. The van der Waals surface area contributed by atoms with Gasteiger partial charge < -0.3 is 5.32 Å².